The molecular formula is C15H24N4O2S. The Labute approximate surface area is 135 Å². The van der Waals surface area contributed by atoms with E-state index in [1.807, 2.05) is 13.8 Å². The monoisotopic (exact) mass is 324 g/mol. The SMILES string of the molecule is CC(C)NC(=O)C[C@@H]1COC2(CCN(c3nncs3)CC2)C1. The van der Waals surface area contributed by atoms with E-state index < -0.39 is 0 Å². The molecule has 2 aliphatic heterocycles. The Balaban J connectivity index is 1.49. The van der Waals surface area contributed by atoms with Crippen molar-refractivity contribution in [2.45, 2.75) is 51.2 Å². The lowest BCUT2D eigenvalue weighted by Crippen LogP contribution is -2.44. The second-order valence-electron chi connectivity index (χ2n) is 6.70. The van der Waals surface area contributed by atoms with Gasteiger partial charge in [0.1, 0.15) is 5.51 Å². The molecule has 3 rings (SSSR count). The number of anilines is 1. The summed E-state index contributed by atoms with van der Waals surface area (Å²) in [5, 5.41) is 12.0. The quantitative estimate of drug-likeness (QED) is 0.915. The van der Waals surface area contributed by atoms with Crippen molar-refractivity contribution in [3.63, 3.8) is 0 Å². The van der Waals surface area contributed by atoms with Gasteiger partial charge in [0.05, 0.1) is 12.2 Å². The highest BCUT2D eigenvalue weighted by Crippen LogP contribution is 2.40. The van der Waals surface area contributed by atoms with E-state index in [9.17, 15) is 4.79 Å². The topological polar surface area (TPSA) is 67.3 Å². The number of ether oxygens (including phenoxy) is 1. The van der Waals surface area contributed by atoms with Crippen molar-refractivity contribution >= 4 is 22.4 Å². The van der Waals surface area contributed by atoms with Crippen LogP contribution in [-0.4, -0.2) is 47.4 Å². The Morgan fingerprint density at radius 2 is 2.32 bits per heavy atom. The number of piperidine rings is 1. The van der Waals surface area contributed by atoms with Gasteiger partial charge in [0.25, 0.3) is 0 Å². The van der Waals surface area contributed by atoms with Gasteiger partial charge in [-0.05, 0) is 39.0 Å². The largest absolute Gasteiger partial charge is 0.375 e. The molecule has 2 fully saturated rings. The summed E-state index contributed by atoms with van der Waals surface area (Å²) in [7, 11) is 0. The summed E-state index contributed by atoms with van der Waals surface area (Å²) in [5.74, 6) is 0.499. The first-order chi connectivity index (χ1) is 10.6. The van der Waals surface area contributed by atoms with Crippen LogP contribution in [0.15, 0.2) is 5.51 Å². The molecule has 1 spiro atoms. The molecule has 1 aromatic heterocycles. The smallest absolute Gasteiger partial charge is 0.220 e. The fourth-order valence-corrected chi connectivity index (χ4v) is 4.09. The third-order valence-corrected chi connectivity index (χ3v) is 5.25. The molecule has 1 aromatic rings. The van der Waals surface area contributed by atoms with E-state index in [1.165, 1.54) is 0 Å². The Morgan fingerprint density at radius 1 is 1.55 bits per heavy atom. The lowest BCUT2D eigenvalue weighted by atomic mass is 9.84. The number of nitrogens with zero attached hydrogens (tertiary/aromatic N) is 3. The number of aromatic nitrogens is 2. The van der Waals surface area contributed by atoms with Gasteiger partial charge in [-0.1, -0.05) is 11.3 Å². The van der Waals surface area contributed by atoms with Gasteiger partial charge < -0.3 is 15.0 Å². The molecular weight excluding hydrogens is 300 g/mol. The Bertz CT molecular complexity index is 498. The van der Waals surface area contributed by atoms with Crippen molar-refractivity contribution in [2.24, 2.45) is 5.92 Å². The van der Waals surface area contributed by atoms with E-state index in [0.29, 0.717) is 18.9 Å². The molecule has 0 bridgehead atoms. The van der Waals surface area contributed by atoms with E-state index in [0.717, 1.165) is 37.5 Å². The van der Waals surface area contributed by atoms with Gasteiger partial charge in [-0.25, -0.2) is 0 Å². The van der Waals surface area contributed by atoms with Crippen LogP contribution in [0.5, 0.6) is 0 Å². The zero-order valence-corrected chi connectivity index (χ0v) is 14.1. The summed E-state index contributed by atoms with van der Waals surface area (Å²) in [5.41, 5.74) is 1.75. The van der Waals surface area contributed by atoms with Crippen LogP contribution < -0.4 is 10.2 Å². The summed E-state index contributed by atoms with van der Waals surface area (Å²) in [6.07, 6.45) is 3.60. The highest BCUT2D eigenvalue weighted by molar-refractivity contribution is 7.13. The third-order valence-electron chi connectivity index (χ3n) is 4.50. The molecule has 2 saturated heterocycles. The lowest BCUT2D eigenvalue weighted by molar-refractivity contribution is -0.122. The highest BCUT2D eigenvalue weighted by atomic mass is 32.1. The standard InChI is InChI=1S/C15H24N4O2S/c1-11(2)17-13(20)7-12-8-15(21-9-12)3-5-19(6-4-15)14-18-16-10-22-14/h10-12H,3-9H2,1-2H3,(H,17,20)/t12-/m0/s1. The molecule has 7 heteroatoms. The minimum absolute atomic E-state index is 0.0238. The first-order valence-corrected chi connectivity index (χ1v) is 8.89. The van der Waals surface area contributed by atoms with Crippen LogP contribution in [0.1, 0.15) is 39.5 Å². The molecule has 6 nitrogen and oxygen atoms in total. The Morgan fingerprint density at radius 3 is 2.95 bits per heavy atom. The predicted molar refractivity (Wildman–Crippen MR) is 86.0 cm³/mol. The predicted octanol–water partition coefficient (Wildman–Crippen LogP) is 1.83. The van der Waals surface area contributed by atoms with E-state index >= 15 is 0 Å². The number of carbonyl (C=O) groups excluding carboxylic acids is 1. The van der Waals surface area contributed by atoms with Gasteiger partial charge in [-0.2, -0.15) is 0 Å². The van der Waals surface area contributed by atoms with Gasteiger partial charge in [0.2, 0.25) is 11.0 Å². The highest BCUT2D eigenvalue weighted by Gasteiger charge is 2.43. The summed E-state index contributed by atoms with van der Waals surface area (Å²) < 4.78 is 6.13. The minimum Gasteiger partial charge on any atom is -0.375 e. The van der Waals surface area contributed by atoms with Crippen LogP contribution in [0.25, 0.3) is 0 Å². The van der Waals surface area contributed by atoms with Gasteiger partial charge in [-0.15, -0.1) is 10.2 Å². The number of rotatable bonds is 4. The maximum Gasteiger partial charge on any atom is 0.220 e. The number of hydrogen-bond donors (Lipinski definition) is 1. The molecule has 122 valence electrons. The average Bonchev–Trinajstić information content (AvgIpc) is 3.10. The lowest BCUT2D eigenvalue weighted by Gasteiger charge is -2.38. The Hall–Kier alpha value is -1.21. The second kappa shape index (κ2) is 6.50. The summed E-state index contributed by atoms with van der Waals surface area (Å²) >= 11 is 1.58. The van der Waals surface area contributed by atoms with E-state index in [4.69, 9.17) is 4.74 Å². The zero-order chi connectivity index (χ0) is 15.6. The number of nitrogens with one attached hydrogen (secondary N) is 1. The Kier molecular flexibility index (Phi) is 4.63. The molecule has 1 atom stereocenters. The van der Waals surface area contributed by atoms with Crippen molar-refractivity contribution < 1.29 is 9.53 Å². The van der Waals surface area contributed by atoms with Crippen molar-refractivity contribution in [1.29, 1.82) is 0 Å². The van der Waals surface area contributed by atoms with Crippen molar-refractivity contribution in [3.8, 4) is 0 Å². The maximum absolute atomic E-state index is 11.9. The normalized spacial score (nSPS) is 24.1. The fourth-order valence-electron chi connectivity index (χ4n) is 3.47. The first-order valence-electron chi connectivity index (χ1n) is 8.01. The van der Waals surface area contributed by atoms with Crippen molar-refractivity contribution in [3.05, 3.63) is 5.51 Å². The van der Waals surface area contributed by atoms with Crippen LogP contribution >= 0.6 is 11.3 Å². The molecule has 22 heavy (non-hydrogen) atoms. The van der Waals surface area contributed by atoms with Crippen molar-refractivity contribution in [1.82, 2.24) is 15.5 Å². The van der Waals surface area contributed by atoms with Crippen molar-refractivity contribution in [2.75, 3.05) is 24.6 Å². The van der Waals surface area contributed by atoms with Crippen LogP contribution in [-0.2, 0) is 9.53 Å². The fraction of sp³-hybridized carbons (Fsp3) is 0.800. The molecule has 1 amide bonds. The van der Waals surface area contributed by atoms with Crippen LogP contribution in [0, 0.1) is 5.92 Å². The van der Waals surface area contributed by atoms with Crippen LogP contribution in [0.3, 0.4) is 0 Å². The molecule has 2 aliphatic rings. The van der Waals surface area contributed by atoms with Crippen LogP contribution in [0.4, 0.5) is 5.13 Å². The maximum atomic E-state index is 11.9. The van der Waals surface area contributed by atoms with E-state index in [1.54, 1.807) is 16.8 Å². The number of hydrogen-bond acceptors (Lipinski definition) is 6. The molecule has 0 radical (unpaired) electrons. The molecule has 1 N–H and O–H groups in total. The molecule has 0 aliphatic carbocycles. The summed E-state index contributed by atoms with van der Waals surface area (Å²) in [4.78, 5) is 14.2. The van der Waals surface area contributed by atoms with Crippen LogP contribution in [0.2, 0.25) is 0 Å². The van der Waals surface area contributed by atoms with Gasteiger partial charge in [-0.3, -0.25) is 4.79 Å². The second-order valence-corrected chi connectivity index (χ2v) is 7.51. The van der Waals surface area contributed by atoms with Gasteiger partial charge in [0.15, 0.2) is 0 Å². The van der Waals surface area contributed by atoms with Gasteiger partial charge in [0, 0.05) is 25.6 Å². The molecule has 0 unspecified atom stereocenters. The summed E-state index contributed by atoms with van der Waals surface area (Å²) in [6.45, 7) is 6.62. The number of carbonyl (C=O) groups is 1. The summed E-state index contributed by atoms with van der Waals surface area (Å²) in [6, 6.07) is 0.207. The molecule has 3 heterocycles. The van der Waals surface area contributed by atoms with E-state index in [2.05, 4.69) is 20.4 Å². The minimum atomic E-state index is -0.0238. The van der Waals surface area contributed by atoms with E-state index in [-0.39, 0.29) is 17.6 Å². The number of amides is 1. The molecule has 0 saturated carbocycles. The zero-order valence-electron chi connectivity index (χ0n) is 13.2. The average molecular weight is 324 g/mol. The molecule has 0 aromatic carbocycles. The van der Waals surface area contributed by atoms with Gasteiger partial charge >= 0.3 is 0 Å². The third kappa shape index (κ3) is 3.57. The first kappa shape index (κ1) is 15.7.